The van der Waals surface area contributed by atoms with Crippen LogP contribution in [-0.4, -0.2) is 30.6 Å². The molecule has 0 spiro atoms. The molecule has 7 nitrogen and oxygen atoms in total. The number of nitrogens with one attached hydrogen (secondary N) is 1. The zero-order valence-electron chi connectivity index (χ0n) is 17.4. The number of anilines is 2. The van der Waals surface area contributed by atoms with Gasteiger partial charge in [0.1, 0.15) is 11.1 Å². The van der Waals surface area contributed by atoms with Crippen LogP contribution in [0.2, 0.25) is 5.02 Å². The average molecular weight is 518 g/mol. The van der Waals surface area contributed by atoms with Crippen molar-refractivity contribution in [3.05, 3.63) is 89.7 Å². The largest absolute Gasteiger partial charge is 0.326 e. The Labute approximate surface area is 204 Å². The lowest BCUT2D eigenvalue weighted by atomic mass is 10.2. The third-order valence-corrected chi connectivity index (χ3v) is 7.54. The number of amidine groups is 1. The molecule has 1 atom stereocenters. The molecule has 1 heterocycles. The molecule has 2 amide bonds. The summed E-state index contributed by atoms with van der Waals surface area (Å²) in [7, 11) is -4.24. The second-order valence-corrected chi connectivity index (χ2v) is 10.4. The molecule has 0 saturated carbocycles. The van der Waals surface area contributed by atoms with E-state index < -0.39 is 32.9 Å². The SMILES string of the molecule is O=C(C[C@H]1SC(=NS(=O)(=O)c2ccc(F)cc2)N(c2ccccc2)C1=O)Nc1ccc(Cl)cc1. The van der Waals surface area contributed by atoms with Gasteiger partial charge in [0.25, 0.3) is 10.0 Å². The Kier molecular flexibility index (Phi) is 7.01. The van der Waals surface area contributed by atoms with Gasteiger partial charge >= 0.3 is 0 Å². The summed E-state index contributed by atoms with van der Waals surface area (Å²) in [4.78, 5) is 26.7. The highest BCUT2D eigenvalue weighted by atomic mass is 35.5. The van der Waals surface area contributed by atoms with Crippen LogP contribution in [0.1, 0.15) is 6.42 Å². The molecule has 0 unspecified atom stereocenters. The number of rotatable bonds is 6. The van der Waals surface area contributed by atoms with Crippen LogP contribution in [-0.2, 0) is 19.6 Å². The highest BCUT2D eigenvalue weighted by Crippen LogP contribution is 2.35. The van der Waals surface area contributed by atoms with E-state index in [2.05, 4.69) is 9.71 Å². The molecule has 1 fully saturated rings. The third kappa shape index (κ3) is 5.46. The first-order valence-corrected chi connectivity index (χ1v) is 12.6. The average Bonchev–Trinajstić information content (AvgIpc) is 3.10. The monoisotopic (exact) mass is 517 g/mol. The summed E-state index contributed by atoms with van der Waals surface area (Å²) in [6, 6.07) is 19.1. The molecule has 11 heteroatoms. The van der Waals surface area contributed by atoms with Gasteiger partial charge in [0.05, 0.1) is 10.6 Å². The van der Waals surface area contributed by atoms with Gasteiger partial charge in [-0.2, -0.15) is 8.42 Å². The third-order valence-electron chi connectivity index (χ3n) is 4.76. The quantitative estimate of drug-likeness (QED) is 0.511. The second-order valence-electron chi connectivity index (χ2n) is 7.18. The predicted molar refractivity (Wildman–Crippen MR) is 131 cm³/mol. The number of halogens is 2. The fourth-order valence-corrected chi connectivity index (χ4v) is 5.61. The maximum Gasteiger partial charge on any atom is 0.284 e. The van der Waals surface area contributed by atoms with Gasteiger partial charge < -0.3 is 5.32 Å². The van der Waals surface area contributed by atoms with E-state index in [1.807, 2.05) is 0 Å². The lowest BCUT2D eigenvalue weighted by Crippen LogP contribution is -2.33. The number of carbonyl (C=O) groups is 2. The zero-order chi connectivity index (χ0) is 24.3. The molecule has 0 bridgehead atoms. The molecule has 0 radical (unpaired) electrons. The van der Waals surface area contributed by atoms with E-state index in [9.17, 15) is 22.4 Å². The lowest BCUT2D eigenvalue weighted by molar-refractivity contribution is -0.121. The van der Waals surface area contributed by atoms with Gasteiger partial charge in [0.15, 0.2) is 5.17 Å². The maximum absolute atomic E-state index is 13.2. The van der Waals surface area contributed by atoms with Gasteiger partial charge in [-0.3, -0.25) is 14.5 Å². The molecule has 3 aromatic carbocycles. The molecule has 0 aromatic heterocycles. The Balaban J connectivity index is 1.61. The van der Waals surface area contributed by atoms with E-state index in [1.165, 1.54) is 4.90 Å². The van der Waals surface area contributed by atoms with E-state index in [4.69, 9.17) is 11.6 Å². The number of sulfonamides is 1. The summed E-state index contributed by atoms with van der Waals surface area (Å²) in [5.74, 6) is -1.49. The Bertz CT molecular complexity index is 1350. The van der Waals surface area contributed by atoms with Crippen molar-refractivity contribution in [3.8, 4) is 0 Å². The molecule has 4 rings (SSSR count). The van der Waals surface area contributed by atoms with Gasteiger partial charge in [0.2, 0.25) is 11.8 Å². The van der Waals surface area contributed by atoms with E-state index in [1.54, 1.807) is 54.6 Å². The van der Waals surface area contributed by atoms with Crippen LogP contribution in [0.3, 0.4) is 0 Å². The standard InChI is InChI=1S/C23H17ClFN3O4S2/c24-15-6-10-17(11-7-15)26-21(29)14-20-22(30)28(18-4-2-1-3-5-18)23(33-20)27-34(31,32)19-12-8-16(25)9-13-19/h1-13,20H,14H2,(H,26,29)/t20-/m1/s1. The smallest absolute Gasteiger partial charge is 0.284 e. The van der Waals surface area contributed by atoms with Crippen molar-refractivity contribution in [1.82, 2.24) is 0 Å². The molecule has 0 aliphatic carbocycles. The number of nitrogens with zero attached hydrogens (tertiary/aromatic N) is 2. The first-order valence-electron chi connectivity index (χ1n) is 9.94. The zero-order valence-corrected chi connectivity index (χ0v) is 19.8. The van der Waals surface area contributed by atoms with Crippen molar-refractivity contribution < 1.29 is 22.4 Å². The van der Waals surface area contributed by atoms with Crippen LogP contribution in [0, 0.1) is 5.82 Å². The molecule has 1 saturated heterocycles. The van der Waals surface area contributed by atoms with Crippen LogP contribution in [0.4, 0.5) is 15.8 Å². The summed E-state index contributed by atoms with van der Waals surface area (Å²) in [6.07, 6.45) is -0.203. The Morgan fingerprint density at radius 3 is 2.32 bits per heavy atom. The van der Waals surface area contributed by atoms with Crippen molar-refractivity contribution in [3.63, 3.8) is 0 Å². The number of amides is 2. The van der Waals surface area contributed by atoms with E-state index in [0.717, 1.165) is 36.0 Å². The topological polar surface area (TPSA) is 95.9 Å². The summed E-state index contributed by atoms with van der Waals surface area (Å²) in [6.45, 7) is 0. The molecule has 1 N–H and O–H groups in total. The van der Waals surface area contributed by atoms with Gasteiger partial charge in [-0.05, 0) is 60.7 Å². The maximum atomic E-state index is 13.2. The van der Waals surface area contributed by atoms with Crippen LogP contribution in [0.25, 0.3) is 0 Å². The molecular weight excluding hydrogens is 501 g/mol. The normalized spacial score (nSPS) is 17.2. The number of carbonyl (C=O) groups excluding carboxylic acids is 2. The first kappa shape index (κ1) is 23.9. The minimum Gasteiger partial charge on any atom is -0.326 e. The van der Waals surface area contributed by atoms with Crippen molar-refractivity contribution in [2.24, 2.45) is 4.40 Å². The molecular formula is C23H17ClFN3O4S2. The van der Waals surface area contributed by atoms with Crippen LogP contribution in [0.15, 0.2) is 88.2 Å². The Morgan fingerprint density at radius 2 is 1.68 bits per heavy atom. The molecule has 1 aliphatic rings. The van der Waals surface area contributed by atoms with E-state index in [0.29, 0.717) is 16.4 Å². The number of para-hydroxylation sites is 1. The van der Waals surface area contributed by atoms with Crippen molar-refractivity contribution in [2.75, 3.05) is 10.2 Å². The summed E-state index contributed by atoms with van der Waals surface area (Å²) >= 11 is 6.73. The highest BCUT2D eigenvalue weighted by molar-refractivity contribution is 8.16. The van der Waals surface area contributed by atoms with E-state index in [-0.39, 0.29) is 16.5 Å². The summed E-state index contributed by atoms with van der Waals surface area (Å²) in [5.41, 5.74) is 0.922. The van der Waals surface area contributed by atoms with Crippen LogP contribution < -0.4 is 10.2 Å². The summed E-state index contributed by atoms with van der Waals surface area (Å²) < 4.78 is 42.7. The highest BCUT2D eigenvalue weighted by Gasteiger charge is 2.41. The lowest BCUT2D eigenvalue weighted by Gasteiger charge is -2.16. The second kappa shape index (κ2) is 9.96. The fraction of sp³-hybridized carbons (Fsp3) is 0.0870. The molecule has 34 heavy (non-hydrogen) atoms. The van der Waals surface area contributed by atoms with Gasteiger partial charge in [-0.25, -0.2) is 4.39 Å². The Hall–Kier alpha value is -3.21. The summed E-state index contributed by atoms with van der Waals surface area (Å²) in [5, 5.41) is 2.22. The van der Waals surface area contributed by atoms with Crippen molar-refractivity contribution in [2.45, 2.75) is 16.6 Å². The minimum absolute atomic E-state index is 0.0928. The minimum atomic E-state index is -4.24. The van der Waals surface area contributed by atoms with Gasteiger partial charge in [-0.15, -0.1) is 4.40 Å². The van der Waals surface area contributed by atoms with E-state index >= 15 is 0 Å². The van der Waals surface area contributed by atoms with Crippen LogP contribution >= 0.6 is 23.4 Å². The molecule has 1 aliphatic heterocycles. The van der Waals surface area contributed by atoms with Gasteiger partial charge in [0, 0.05) is 17.1 Å². The number of thioether (sulfide) groups is 1. The predicted octanol–water partition coefficient (Wildman–Crippen LogP) is 4.70. The number of hydrogen-bond donors (Lipinski definition) is 1. The van der Waals surface area contributed by atoms with Crippen molar-refractivity contribution >= 4 is 61.7 Å². The van der Waals surface area contributed by atoms with Crippen LogP contribution in [0.5, 0.6) is 0 Å². The van der Waals surface area contributed by atoms with Gasteiger partial charge in [-0.1, -0.05) is 41.6 Å². The Morgan fingerprint density at radius 1 is 1.03 bits per heavy atom. The number of benzene rings is 3. The fourth-order valence-electron chi connectivity index (χ4n) is 3.15. The number of hydrogen-bond acceptors (Lipinski definition) is 5. The molecule has 174 valence electrons. The van der Waals surface area contributed by atoms with Crippen molar-refractivity contribution in [1.29, 1.82) is 0 Å². The molecule has 3 aromatic rings. The first-order chi connectivity index (χ1) is 16.2.